The van der Waals surface area contributed by atoms with Crippen molar-refractivity contribution in [2.75, 3.05) is 21.3 Å². The van der Waals surface area contributed by atoms with Crippen molar-refractivity contribution in [1.29, 1.82) is 0 Å². The maximum Gasteiger partial charge on any atom is 0.244 e. The molecule has 0 aromatic heterocycles. The number of hydrogen-bond acceptors (Lipinski definition) is 6. The van der Waals surface area contributed by atoms with Crippen LogP contribution in [0.1, 0.15) is 11.1 Å². The average molecular weight is 379 g/mol. The minimum atomic E-state index is -0.332. The summed E-state index contributed by atoms with van der Waals surface area (Å²) in [7, 11) is 4.48. The molecule has 2 N–H and O–H groups in total. The highest BCUT2D eigenvalue weighted by atomic mass is 35.5. The average Bonchev–Trinajstić information content (AvgIpc) is 2.63. The second-order valence-corrected chi connectivity index (χ2v) is 5.64. The van der Waals surface area contributed by atoms with Gasteiger partial charge in [0.1, 0.15) is 0 Å². The second kappa shape index (κ2) is 8.96. The normalized spacial score (nSPS) is 10.6. The fraction of sp³-hybridized carbons (Fsp3) is 0.222. The summed E-state index contributed by atoms with van der Waals surface area (Å²) in [6.45, 7) is 0. The molecule has 8 heteroatoms. The minimum absolute atomic E-state index is 0.0997. The third-order valence-corrected chi connectivity index (χ3v) is 3.71. The molecule has 0 radical (unpaired) electrons. The quantitative estimate of drug-likeness (QED) is 0.571. The molecule has 138 valence electrons. The van der Waals surface area contributed by atoms with E-state index in [0.717, 1.165) is 5.56 Å². The van der Waals surface area contributed by atoms with E-state index in [0.29, 0.717) is 22.1 Å². The van der Waals surface area contributed by atoms with Crippen molar-refractivity contribution in [3.8, 4) is 23.0 Å². The Morgan fingerprint density at radius 2 is 1.81 bits per heavy atom. The zero-order chi connectivity index (χ0) is 19.1. The number of nitrogens with zero attached hydrogens (tertiary/aromatic N) is 1. The molecule has 7 nitrogen and oxygen atoms in total. The first-order chi connectivity index (χ1) is 12.5. The zero-order valence-corrected chi connectivity index (χ0v) is 15.3. The number of aromatic hydroxyl groups is 1. The highest BCUT2D eigenvalue weighted by molar-refractivity contribution is 6.31. The maximum absolute atomic E-state index is 12.0. The van der Waals surface area contributed by atoms with E-state index in [9.17, 15) is 9.90 Å². The highest BCUT2D eigenvalue weighted by Gasteiger charge is 2.10. The van der Waals surface area contributed by atoms with Crippen LogP contribution < -0.4 is 19.6 Å². The standard InChI is InChI=1S/C18H19ClN2O5/c1-24-14-5-4-11(6-15(14)25-2)7-17(22)21-20-10-12-8-13(19)9-16(26-3)18(12)23/h4-6,8-10,23H,7H2,1-3H3,(H,21,22). The van der Waals surface area contributed by atoms with Gasteiger partial charge in [0.15, 0.2) is 23.0 Å². The first kappa shape index (κ1) is 19.4. The van der Waals surface area contributed by atoms with E-state index in [2.05, 4.69) is 10.5 Å². The van der Waals surface area contributed by atoms with Gasteiger partial charge in [0.25, 0.3) is 0 Å². The molecule has 0 spiro atoms. The van der Waals surface area contributed by atoms with Gasteiger partial charge in [-0.2, -0.15) is 5.10 Å². The largest absolute Gasteiger partial charge is 0.504 e. The predicted octanol–water partition coefficient (Wildman–Crippen LogP) is 2.76. The van der Waals surface area contributed by atoms with Crippen LogP contribution in [-0.2, 0) is 11.2 Å². The summed E-state index contributed by atoms with van der Waals surface area (Å²) < 4.78 is 15.4. The number of amides is 1. The van der Waals surface area contributed by atoms with E-state index >= 15 is 0 Å². The number of methoxy groups -OCH3 is 3. The van der Waals surface area contributed by atoms with Crippen molar-refractivity contribution in [1.82, 2.24) is 5.43 Å². The number of nitrogens with one attached hydrogen (secondary N) is 1. The van der Waals surface area contributed by atoms with Gasteiger partial charge in [0.05, 0.1) is 34.0 Å². The van der Waals surface area contributed by atoms with Crippen LogP contribution in [0.2, 0.25) is 5.02 Å². The van der Waals surface area contributed by atoms with Gasteiger partial charge in [-0.3, -0.25) is 4.79 Å². The lowest BCUT2D eigenvalue weighted by atomic mass is 10.1. The van der Waals surface area contributed by atoms with Crippen LogP contribution in [0.15, 0.2) is 35.4 Å². The van der Waals surface area contributed by atoms with Gasteiger partial charge < -0.3 is 19.3 Å². The van der Waals surface area contributed by atoms with Crippen molar-refractivity contribution < 1.29 is 24.1 Å². The number of ether oxygens (including phenoxy) is 3. The van der Waals surface area contributed by atoms with E-state index in [4.69, 9.17) is 25.8 Å². The number of rotatable bonds is 7. The topological polar surface area (TPSA) is 89.4 Å². The zero-order valence-electron chi connectivity index (χ0n) is 14.6. The fourth-order valence-corrected chi connectivity index (χ4v) is 2.45. The van der Waals surface area contributed by atoms with E-state index in [1.807, 2.05) is 0 Å². The maximum atomic E-state index is 12.0. The van der Waals surface area contributed by atoms with Crippen molar-refractivity contribution in [2.45, 2.75) is 6.42 Å². The molecule has 0 unspecified atom stereocenters. The first-order valence-corrected chi connectivity index (χ1v) is 7.95. The van der Waals surface area contributed by atoms with Gasteiger partial charge >= 0.3 is 0 Å². The van der Waals surface area contributed by atoms with Crippen LogP contribution >= 0.6 is 11.6 Å². The molecule has 0 atom stereocenters. The number of hydrazone groups is 1. The molecule has 0 saturated heterocycles. The number of carbonyl (C=O) groups is 1. The molecular weight excluding hydrogens is 360 g/mol. The van der Waals surface area contributed by atoms with Crippen LogP contribution in [0.4, 0.5) is 0 Å². The highest BCUT2D eigenvalue weighted by Crippen LogP contribution is 2.32. The number of halogens is 1. The molecule has 0 aliphatic heterocycles. The Bertz CT molecular complexity index is 823. The predicted molar refractivity (Wildman–Crippen MR) is 98.7 cm³/mol. The second-order valence-electron chi connectivity index (χ2n) is 5.21. The van der Waals surface area contributed by atoms with Gasteiger partial charge in [-0.1, -0.05) is 17.7 Å². The van der Waals surface area contributed by atoms with Gasteiger partial charge in [0, 0.05) is 16.7 Å². The van der Waals surface area contributed by atoms with Crippen molar-refractivity contribution in [3.05, 3.63) is 46.5 Å². The number of phenols is 1. The molecule has 2 aromatic rings. The molecule has 2 rings (SSSR count). The molecule has 1 amide bonds. The molecular formula is C18H19ClN2O5. The fourth-order valence-electron chi connectivity index (χ4n) is 2.24. The number of benzene rings is 2. The van der Waals surface area contributed by atoms with E-state index in [-0.39, 0.29) is 23.8 Å². The van der Waals surface area contributed by atoms with Crippen LogP contribution in [0, 0.1) is 0 Å². The number of hydrogen-bond donors (Lipinski definition) is 2. The summed E-state index contributed by atoms with van der Waals surface area (Å²) in [5, 5.41) is 14.2. The first-order valence-electron chi connectivity index (χ1n) is 7.57. The summed E-state index contributed by atoms with van der Waals surface area (Å²) in [5.74, 6) is 0.893. The third-order valence-electron chi connectivity index (χ3n) is 3.49. The SMILES string of the molecule is COc1ccc(CC(=O)NN=Cc2cc(Cl)cc(OC)c2O)cc1OC. The van der Waals surface area contributed by atoms with Gasteiger partial charge in [-0.15, -0.1) is 0 Å². The molecule has 0 aliphatic carbocycles. The van der Waals surface area contributed by atoms with Crippen molar-refractivity contribution in [3.63, 3.8) is 0 Å². The summed E-state index contributed by atoms with van der Waals surface area (Å²) >= 11 is 5.94. The third kappa shape index (κ3) is 4.80. The Morgan fingerprint density at radius 1 is 1.12 bits per heavy atom. The van der Waals surface area contributed by atoms with Gasteiger partial charge in [-0.25, -0.2) is 5.43 Å². The van der Waals surface area contributed by atoms with Crippen molar-refractivity contribution in [2.24, 2.45) is 5.10 Å². The molecule has 0 saturated carbocycles. The minimum Gasteiger partial charge on any atom is -0.504 e. The summed E-state index contributed by atoms with van der Waals surface area (Å²) in [5.41, 5.74) is 3.45. The van der Waals surface area contributed by atoms with E-state index in [1.54, 1.807) is 25.3 Å². The molecule has 0 heterocycles. The van der Waals surface area contributed by atoms with Crippen molar-refractivity contribution >= 4 is 23.7 Å². The van der Waals surface area contributed by atoms with Crippen LogP contribution in [0.3, 0.4) is 0 Å². The Balaban J connectivity index is 2.03. The van der Waals surface area contributed by atoms with Gasteiger partial charge in [-0.05, 0) is 23.8 Å². The summed E-state index contributed by atoms with van der Waals surface area (Å²) in [6.07, 6.45) is 1.39. The summed E-state index contributed by atoms with van der Waals surface area (Å²) in [4.78, 5) is 12.0. The number of carbonyl (C=O) groups excluding carboxylic acids is 1. The smallest absolute Gasteiger partial charge is 0.244 e. The molecule has 2 aromatic carbocycles. The number of phenolic OH excluding ortho intramolecular Hbond substituents is 1. The molecule has 0 bridgehead atoms. The lowest BCUT2D eigenvalue weighted by Crippen LogP contribution is -2.19. The summed E-state index contributed by atoms with van der Waals surface area (Å²) in [6, 6.07) is 8.18. The Kier molecular flexibility index (Phi) is 6.68. The van der Waals surface area contributed by atoms with Gasteiger partial charge in [0.2, 0.25) is 5.91 Å². The Hall–Kier alpha value is -2.93. The lowest BCUT2D eigenvalue weighted by molar-refractivity contribution is -0.120. The lowest BCUT2D eigenvalue weighted by Gasteiger charge is -2.09. The molecule has 0 aliphatic rings. The van der Waals surface area contributed by atoms with Crippen LogP contribution in [-0.4, -0.2) is 38.6 Å². The van der Waals surface area contributed by atoms with E-state index < -0.39 is 0 Å². The van der Waals surface area contributed by atoms with Crippen LogP contribution in [0.5, 0.6) is 23.0 Å². The van der Waals surface area contributed by atoms with E-state index in [1.165, 1.54) is 32.6 Å². The Morgan fingerprint density at radius 3 is 2.46 bits per heavy atom. The molecule has 26 heavy (non-hydrogen) atoms. The monoisotopic (exact) mass is 378 g/mol. The Labute approximate surface area is 156 Å². The van der Waals surface area contributed by atoms with Crippen LogP contribution in [0.25, 0.3) is 0 Å². The molecule has 0 fully saturated rings.